The molecule has 1 amide bonds. The van der Waals surface area contributed by atoms with Gasteiger partial charge in [0.15, 0.2) is 0 Å². The maximum absolute atomic E-state index is 13.4. The molecule has 0 bridgehead atoms. The number of hydrogen-bond donors (Lipinski definition) is 1. The molecule has 1 aromatic carbocycles. The van der Waals surface area contributed by atoms with Crippen molar-refractivity contribution in [2.45, 2.75) is 31.8 Å². The van der Waals surface area contributed by atoms with Crippen LogP contribution in [0.1, 0.15) is 35.2 Å². The molecule has 1 N–H and O–H groups in total. The lowest BCUT2D eigenvalue weighted by molar-refractivity contribution is -0.0655. The van der Waals surface area contributed by atoms with E-state index in [9.17, 15) is 9.90 Å². The number of ether oxygens (including phenoxy) is 1. The van der Waals surface area contributed by atoms with Crippen molar-refractivity contribution in [3.8, 4) is 5.75 Å². The zero-order chi connectivity index (χ0) is 19.6. The smallest absolute Gasteiger partial charge is 0.254 e. The molecule has 2 aromatic rings. The molecular formula is C22H28N2O4. The number of amides is 1. The molecule has 0 spiro atoms. The number of aliphatic hydroxyl groups excluding tert-OH is 1. The highest BCUT2D eigenvalue weighted by Gasteiger charge is 2.49. The topological polar surface area (TPSA) is 66.2 Å². The van der Waals surface area contributed by atoms with Crippen molar-refractivity contribution in [2.24, 2.45) is 5.41 Å². The Balaban J connectivity index is 1.58. The SMILES string of the molecule is COc1cccc(C(=O)N2CCC[C@]3(CO)CCN(Cc4ccoc4)C[C@@H]23)c1. The van der Waals surface area contributed by atoms with Crippen LogP contribution in [0.2, 0.25) is 0 Å². The van der Waals surface area contributed by atoms with Gasteiger partial charge < -0.3 is 19.2 Å². The van der Waals surface area contributed by atoms with Gasteiger partial charge >= 0.3 is 0 Å². The highest BCUT2D eigenvalue weighted by atomic mass is 16.5. The average Bonchev–Trinajstić information content (AvgIpc) is 3.26. The predicted octanol–water partition coefficient (Wildman–Crippen LogP) is 2.78. The van der Waals surface area contributed by atoms with E-state index in [0.717, 1.165) is 51.0 Å². The van der Waals surface area contributed by atoms with E-state index in [2.05, 4.69) is 4.90 Å². The molecule has 28 heavy (non-hydrogen) atoms. The van der Waals surface area contributed by atoms with Crippen molar-refractivity contribution in [2.75, 3.05) is 33.4 Å². The van der Waals surface area contributed by atoms with Crippen LogP contribution in [-0.2, 0) is 6.54 Å². The molecule has 0 radical (unpaired) electrons. The van der Waals surface area contributed by atoms with Crippen LogP contribution in [0.4, 0.5) is 0 Å². The van der Waals surface area contributed by atoms with Crippen LogP contribution in [0, 0.1) is 5.41 Å². The summed E-state index contributed by atoms with van der Waals surface area (Å²) >= 11 is 0. The van der Waals surface area contributed by atoms with E-state index in [4.69, 9.17) is 9.15 Å². The van der Waals surface area contributed by atoms with Crippen molar-refractivity contribution in [3.63, 3.8) is 0 Å². The molecule has 1 aromatic heterocycles. The van der Waals surface area contributed by atoms with Crippen molar-refractivity contribution in [1.29, 1.82) is 0 Å². The molecule has 4 rings (SSSR count). The fourth-order valence-electron chi connectivity index (χ4n) is 4.77. The summed E-state index contributed by atoms with van der Waals surface area (Å²) < 4.78 is 10.5. The maximum atomic E-state index is 13.4. The molecule has 2 atom stereocenters. The summed E-state index contributed by atoms with van der Waals surface area (Å²) in [6.45, 7) is 3.34. The largest absolute Gasteiger partial charge is 0.497 e. The number of aliphatic hydroxyl groups is 1. The Bertz CT molecular complexity index is 807. The second kappa shape index (κ2) is 7.97. The Labute approximate surface area is 165 Å². The molecule has 2 saturated heterocycles. The second-order valence-corrected chi connectivity index (χ2v) is 7.99. The first-order chi connectivity index (χ1) is 13.6. The van der Waals surface area contributed by atoms with Gasteiger partial charge in [-0.05, 0) is 50.1 Å². The number of methoxy groups -OCH3 is 1. The molecule has 3 heterocycles. The van der Waals surface area contributed by atoms with Crippen molar-refractivity contribution >= 4 is 5.91 Å². The molecule has 2 aliphatic heterocycles. The van der Waals surface area contributed by atoms with E-state index >= 15 is 0 Å². The van der Waals surface area contributed by atoms with Gasteiger partial charge in [-0.2, -0.15) is 0 Å². The summed E-state index contributed by atoms with van der Waals surface area (Å²) in [7, 11) is 1.61. The summed E-state index contributed by atoms with van der Waals surface area (Å²) in [5.41, 5.74) is 1.57. The van der Waals surface area contributed by atoms with E-state index in [0.29, 0.717) is 11.3 Å². The first-order valence-electron chi connectivity index (χ1n) is 9.94. The number of nitrogens with zero attached hydrogens (tertiary/aromatic N) is 2. The maximum Gasteiger partial charge on any atom is 0.254 e. The third-order valence-corrected chi connectivity index (χ3v) is 6.39. The van der Waals surface area contributed by atoms with Gasteiger partial charge in [-0.25, -0.2) is 0 Å². The van der Waals surface area contributed by atoms with Gasteiger partial charge in [0.25, 0.3) is 5.91 Å². The first-order valence-corrected chi connectivity index (χ1v) is 9.94. The third-order valence-electron chi connectivity index (χ3n) is 6.39. The standard InChI is InChI=1S/C22H28N2O4/c1-27-19-5-2-4-18(12-19)21(26)24-9-3-7-22(16-25)8-10-23(14-20(22)24)13-17-6-11-28-15-17/h2,4-6,11-12,15,20,25H,3,7-10,13-14,16H2,1H3/t20-,22-/m1/s1. The molecule has 2 aliphatic rings. The Morgan fingerprint density at radius 2 is 2.21 bits per heavy atom. The Hall–Kier alpha value is -2.31. The number of likely N-dealkylation sites (tertiary alicyclic amines) is 2. The van der Waals surface area contributed by atoms with Crippen LogP contribution in [0.15, 0.2) is 47.3 Å². The van der Waals surface area contributed by atoms with Gasteiger partial charge in [-0.15, -0.1) is 0 Å². The number of rotatable bonds is 5. The quantitative estimate of drug-likeness (QED) is 0.859. The lowest BCUT2D eigenvalue weighted by Crippen LogP contribution is -2.63. The fourth-order valence-corrected chi connectivity index (χ4v) is 4.77. The molecular weight excluding hydrogens is 356 g/mol. The van der Waals surface area contributed by atoms with E-state index in [1.54, 1.807) is 25.7 Å². The van der Waals surface area contributed by atoms with Crippen molar-refractivity contribution in [1.82, 2.24) is 9.80 Å². The van der Waals surface area contributed by atoms with Crippen LogP contribution in [0.5, 0.6) is 5.75 Å². The zero-order valence-electron chi connectivity index (χ0n) is 16.3. The zero-order valence-corrected chi connectivity index (χ0v) is 16.3. The van der Waals surface area contributed by atoms with Crippen LogP contribution < -0.4 is 4.74 Å². The lowest BCUT2D eigenvalue weighted by atomic mass is 9.68. The summed E-state index contributed by atoms with van der Waals surface area (Å²) in [4.78, 5) is 17.7. The van der Waals surface area contributed by atoms with E-state index < -0.39 is 0 Å². The predicted molar refractivity (Wildman–Crippen MR) is 105 cm³/mol. The van der Waals surface area contributed by atoms with Gasteiger partial charge in [-0.3, -0.25) is 9.69 Å². The molecule has 6 heteroatoms. The van der Waals surface area contributed by atoms with Crippen molar-refractivity contribution < 1.29 is 19.1 Å². The molecule has 0 saturated carbocycles. The molecule has 150 valence electrons. The van der Waals surface area contributed by atoms with Gasteiger partial charge in [0, 0.05) is 36.2 Å². The van der Waals surface area contributed by atoms with Crippen LogP contribution in [0.25, 0.3) is 0 Å². The van der Waals surface area contributed by atoms with E-state index in [-0.39, 0.29) is 24.0 Å². The van der Waals surface area contributed by atoms with Gasteiger partial charge in [0.2, 0.25) is 0 Å². The lowest BCUT2D eigenvalue weighted by Gasteiger charge is -2.54. The third kappa shape index (κ3) is 3.54. The average molecular weight is 384 g/mol. The minimum Gasteiger partial charge on any atom is -0.497 e. The minimum atomic E-state index is -0.209. The van der Waals surface area contributed by atoms with Gasteiger partial charge in [-0.1, -0.05) is 6.07 Å². The second-order valence-electron chi connectivity index (χ2n) is 7.99. The number of carbonyl (C=O) groups excluding carboxylic acids is 1. The first kappa shape index (κ1) is 19.0. The highest BCUT2D eigenvalue weighted by molar-refractivity contribution is 5.95. The van der Waals surface area contributed by atoms with Crippen molar-refractivity contribution in [3.05, 3.63) is 54.0 Å². The molecule has 0 unspecified atom stereocenters. The summed E-state index contributed by atoms with van der Waals surface area (Å²) in [5.74, 6) is 0.702. The molecule has 2 fully saturated rings. The van der Waals surface area contributed by atoms with Gasteiger partial charge in [0.05, 0.1) is 32.3 Å². The fraction of sp³-hybridized carbons (Fsp3) is 0.500. The molecule has 0 aliphatic carbocycles. The number of benzene rings is 1. The number of fused-ring (bicyclic) bond motifs is 1. The van der Waals surface area contributed by atoms with Gasteiger partial charge in [0.1, 0.15) is 5.75 Å². The monoisotopic (exact) mass is 384 g/mol. The van der Waals surface area contributed by atoms with E-state index in [1.807, 2.05) is 29.2 Å². The highest BCUT2D eigenvalue weighted by Crippen LogP contribution is 2.43. The number of furan rings is 1. The number of piperidine rings is 2. The van der Waals surface area contributed by atoms with Crippen LogP contribution in [-0.4, -0.2) is 60.2 Å². The Kier molecular flexibility index (Phi) is 5.42. The summed E-state index contributed by atoms with van der Waals surface area (Å²) in [6, 6.07) is 9.31. The number of carbonyl (C=O) groups is 1. The van der Waals surface area contributed by atoms with Crippen LogP contribution >= 0.6 is 0 Å². The molecule has 6 nitrogen and oxygen atoms in total. The summed E-state index contributed by atoms with van der Waals surface area (Å²) in [6.07, 6.45) is 6.25. The van der Waals surface area contributed by atoms with Crippen LogP contribution in [0.3, 0.4) is 0 Å². The number of hydrogen-bond acceptors (Lipinski definition) is 5. The Morgan fingerprint density at radius 3 is 2.96 bits per heavy atom. The minimum absolute atomic E-state index is 0.00519. The normalized spacial score (nSPS) is 25.4. The van der Waals surface area contributed by atoms with E-state index in [1.165, 1.54) is 0 Å². The Morgan fingerprint density at radius 1 is 1.32 bits per heavy atom. The summed E-state index contributed by atoms with van der Waals surface area (Å²) in [5, 5.41) is 10.3.